The van der Waals surface area contributed by atoms with E-state index in [1.165, 1.54) is 116 Å². The van der Waals surface area contributed by atoms with Gasteiger partial charge in [-0.1, -0.05) is 38.5 Å². The molecule has 5 fully saturated rings. The molecule has 2 nitrogen and oxygen atoms in total. The zero-order chi connectivity index (χ0) is 17.6. The summed E-state index contributed by atoms with van der Waals surface area (Å²) < 4.78 is 0. The Morgan fingerprint density at radius 1 is 0.462 bits per heavy atom. The van der Waals surface area contributed by atoms with Crippen molar-refractivity contribution >= 4 is 0 Å². The molecule has 5 rings (SSSR count). The minimum atomic E-state index is 0.987. The molecule has 0 aromatic rings. The molecule has 2 heteroatoms. The molecule has 26 heavy (non-hydrogen) atoms. The second kappa shape index (κ2) is 9.92. The average molecular weight is 361 g/mol. The molecule has 5 aliphatic carbocycles. The summed E-state index contributed by atoms with van der Waals surface area (Å²) >= 11 is 0. The highest BCUT2D eigenvalue weighted by molar-refractivity contribution is 4.93. The fourth-order valence-electron chi connectivity index (χ4n) is 6.91. The summed E-state index contributed by atoms with van der Waals surface area (Å²) in [6.45, 7) is 5.25. The van der Waals surface area contributed by atoms with E-state index in [-0.39, 0.29) is 0 Å². The molecule has 0 aromatic heterocycles. The van der Waals surface area contributed by atoms with E-state index in [0.29, 0.717) is 0 Å². The Labute approximate surface area is 162 Å². The number of nitrogens with one attached hydrogen (secondary N) is 2. The predicted octanol–water partition coefficient (Wildman–Crippen LogP) is 5.38. The van der Waals surface area contributed by atoms with Gasteiger partial charge in [0.15, 0.2) is 0 Å². The van der Waals surface area contributed by atoms with Crippen LogP contribution in [0.5, 0.6) is 0 Å². The lowest BCUT2D eigenvalue weighted by Gasteiger charge is -2.48. The Morgan fingerprint density at radius 3 is 1.27 bits per heavy atom. The van der Waals surface area contributed by atoms with Gasteiger partial charge in [-0.2, -0.15) is 0 Å². The second-order valence-corrected chi connectivity index (χ2v) is 10.4. The number of fused-ring (bicyclic) bond motifs is 3. The smallest absolute Gasteiger partial charge is 0.00176 e. The first-order chi connectivity index (χ1) is 12.9. The third kappa shape index (κ3) is 5.25. The van der Waals surface area contributed by atoms with E-state index >= 15 is 0 Å². The molecule has 2 bridgehead atoms. The predicted molar refractivity (Wildman–Crippen MR) is 111 cm³/mol. The van der Waals surface area contributed by atoms with Crippen LogP contribution in [0.2, 0.25) is 0 Å². The molecule has 0 aliphatic heterocycles. The monoisotopic (exact) mass is 360 g/mol. The Bertz CT molecular complexity index is 359. The maximum atomic E-state index is 3.90. The lowest BCUT2D eigenvalue weighted by molar-refractivity contribution is 0.0397. The Kier molecular flexibility index (Phi) is 7.34. The van der Waals surface area contributed by atoms with Gasteiger partial charge < -0.3 is 10.6 Å². The molecule has 0 aromatic carbocycles. The van der Waals surface area contributed by atoms with E-state index in [1.807, 2.05) is 0 Å². The van der Waals surface area contributed by atoms with Crippen molar-refractivity contribution in [2.75, 3.05) is 26.2 Å². The van der Waals surface area contributed by atoms with Crippen molar-refractivity contribution in [2.24, 2.45) is 35.5 Å². The molecule has 0 radical (unpaired) electrons. The summed E-state index contributed by atoms with van der Waals surface area (Å²) in [6, 6.07) is 0. The third-order valence-corrected chi connectivity index (χ3v) is 8.58. The van der Waals surface area contributed by atoms with Crippen LogP contribution in [0.3, 0.4) is 0 Å². The SMILES string of the molecule is C1CCC(CNCC2CC3CCC2CC3CNCC2CCCCC2)CC1. The van der Waals surface area contributed by atoms with Crippen LogP contribution >= 0.6 is 0 Å². The van der Waals surface area contributed by atoms with E-state index < -0.39 is 0 Å². The van der Waals surface area contributed by atoms with Crippen molar-refractivity contribution in [3.05, 3.63) is 0 Å². The van der Waals surface area contributed by atoms with Gasteiger partial charge in [0.05, 0.1) is 0 Å². The topological polar surface area (TPSA) is 24.1 Å². The molecular formula is C24H44N2. The van der Waals surface area contributed by atoms with Crippen LogP contribution in [0.1, 0.15) is 89.9 Å². The second-order valence-electron chi connectivity index (χ2n) is 10.4. The van der Waals surface area contributed by atoms with Crippen molar-refractivity contribution in [1.29, 1.82) is 0 Å². The maximum Gasteiger partial charge on any atom is -0.00176 e. The van der Waals surface area contributed by atoms with Crippen LogP contribution in [0.4, 0.5) is 0 Å². The molecule has 4 atom stereocenters. The lowest BCUT2D eigenvalue weighted by atomic mass is 9.60. The van der Waals surface area contributed by atoms with Gasteiger partial charge in [0.25, 0.3) is 0 Å². The maximum absolute atomic E-state index is 3.90. The Balaban J connectivity index is 1.13. The van der Waals surface area contributed by atoms with E-state index in [1.54, 1.807) is 0 Å². The van der Waals surface area contributed by atoms with E-state index in [4.69, 9.17) is 0 Å². The van der Waals surface area contributed by atoms with Crippen molar-refractivity contribution in [3.63, 3.8) is 0 Å². The minimum Gasteiger partial charge on any atom is -0.316 e. The van der Waals surface area contributed by atoms with Crippen LogP contribution in [0.25, 0.3) is 0 Å². The molecule has 2 N–H and O–H groups in total. The molecule has 150 valence electrons. The molecule has 0 spiro atoms. The molecule has 5 saturated carbocycles. The first-order valence-electron chi connectivity index (χ1n) is 12.3. The van der Waals surface area contributed by atoms with Gasteiger partial charge in [-0.15, -0.1) is 0 Å². The van der Waals surface area contributed by atoms with Gasteiger partial charge in [0, 0.05) is 0 Å². The highest BCUT2D eigenvalue weighted by Crippen LogP contribution is 2.48. The average Bonchev–Trinajstić information content (AvgIpc) is 2.70. The van der Waals surface area contributed by atoms with Crippen molar-refractivity contribution in [1.82, 2.24) is 10.6 Å². The molecule has 4 unspecified atom stereocenters. The highest BCUT2D eigenvalue weighted by Gasteiger charge is 2.41. The van der Waals surface area contributed by atoms with Gasteiger partial charge in [-0.05, 0) is 113 Å². The normalized spacial score (nSPS) is 36.5. The van der Waals surface area contributed by atoms with Crippen molar-refractivity contribution < 1.29 is 0 Å². The summed E-state index contributed by atoms with van der Waals surface area (Å²) in [6.07, 6.45) is 20.9. The van der Waals surface area contributed by atoms with Crippen molar-refractivity contribution in [2.45, 2.75) is 89.9 Å². The highest BCUT2D eigenvalue weighted by atomic mass is 14.9. The van der Waals surface area contributed by atoms with Gasteiger partial charge >= 0.3 is 0 Å². The first-order valence-corrected chi connectivity index (χ1v) is 12.3. The molecule has 0 amide bonds. The van der Waals surface area contributed by atoms with Crippen molar-refractivity contribution in [3.8, 4) is 0 Å². The van der Waals surface area contributed by atoms with Crippen LogP contribution < -0.4 is 10.6 Å². The zero-order valence-corrected chi connectivity index (χ0v) is 17.2. The Hall–Kier alpha value is -0.0800. The lowest BCUT2D eigenvalue weighted by Crippen LogP contribution is -2.45. The molecule has 0 heterocycles. The van der Waals surface area contributed by atoms with E-state index in [2.05, 4.69) is 10.6 Å². The quantitative estimate of drug-likeness (QED) is 0.607. The first kappa shape index (κ1) is 19.2. The summed E-state index contributed by atoms with van der Waals surface area (Å²) in [4.78, 5) is 0. The molecule has 0 saturated heterocycles. The zero-order valence-electron chi connectivity index (χ0n) is 17.2. The van der Waals surface area contributed by atoms with Crippen LogP contribution in [0.15, 0.2) is 0 Å². The largest absolute Gasteiger partial charge is 0.316 e. The van der Waals surface area contributed by atoms with Gasteiger partial charge in [0.2, 0.25) is 0 Å². The Morgan fingerprint density at radius 2 is 0.885 bits per heavy atom. The van der Waals surface area contributed by atoms with Crippen LogP contribution in [-0.2, 0) is 0 Å². The number of rotatable bonds is 8. The van der Waals surface area contributed by atoms with Gasteiger partial charge in [-0.25, -0.2) is 0 Å². The number of hydrogen-bond donors (Lipinski definition) is 2. The van der Waals surface area contributed by atoms with Gasteiger partial charge in [0.1, 0.15) is 0 Å². The van der Waals surface area contributed by atoms with Crippen LogP contribution in [0, 0.1) is 35.5 Å². The van der Waals surface area contributed by atoms with Crippen LogP contribution in [-0.4, -0.2) is 26.2 Å². The third-order valence-electron chi connectivity index (χ3n) is 8.58. The molecular weight excluding hydrogens is 316 g/mol. The molecule has 5 aliphatic rings. The van der Waals surface area contributed by atoms with E-state index in [9.17, 15) is 0 Å². The van der Waals surface area contributed by atoms with E-state index in [0.717, 1.165) is 35.5 Å². The standard InChI is InChI=1S/C24H44N2/c1-3-7-19(8-4-1)15-25-17-23-13-22-12-11-21(23)14-24(22)18-26-16-20-9-5-2-6-10-20/h19-26H,1-18H2. The fraction of sp³-hybridized carbons (Fsp3) is 1.00. The minimum absolute atomic E-state index is 0.987. The summed E-state index contributed by atoms with van der Waals surface area (Å²) in [5.74, 6) is 6.02. The summed E-state index contributed by atoms with van der Waals surface area (Å²) in [5, 5.41) is 7.79. The fourth-order valence-corrected chi connectivity index (χ4v) is 6.91. The summed E-state index contributed by atoms with van der Waals surface area (Å²) in [7, 11) is 0. The number of hydrogen-bond acceptors (Lipinski definition) is 2. The summed E-state index contributed by atoms with van der Waals surface area (Å²) in [5.41, 5.74) is 0. The van der Waals surface area contributed by atoms with Gasteiger partial charge in [-0.3, -0.25) is 0 Å².